The van der Waals surface area contributed by atoms with Crippen molar-refractivity contribution in [2.24, 2.45) is 16.6 Å². The fourth-order valence-corrected chi connectivity index (χ4v) is 1.82. The lowest BCUT2D eigenvalue weighted by Gasteiger charge is -2.30. The number of esters is 1. The van der Waals surface area contributed by atoms with Crippen LogP contribution < -0.4 is 5.73 Å². The van der Waals surface area contributed by atoms with Crippen molar-refractivity contribution in [2.75, 3.05) is 33.0 Å². The van der Waals surface area contributed by atoms with Gasteiger partial charge in [0.1, 0.15) is 5.60 Å². The lowest BCUT2D eigenvalue weighted by molar-refractivity contribution is -0.156. The Balaban J connectivity index is 3.94. The minimum atomic E-state index is -0.445. The summed E-state index contributed by atoms with van der Waals surface area (Å²) in [5, 5.41) is 0. The van der Waals surface area contributed by atoms with Gasteiger partial charge in [-0.2, -0.15) is 0 Å². The van der Waals surface area contributed by atoms with Crippen molar-refractivity contribution in [3.8, 4) is 0 Å². The summed E-state index contributed by atoms with van der Waals surface area (Å²) in [5.74, 6) is -0.229. The quantitative estimate of drug-likeness (QED) is 0.465. The molecule has 0 aliphatic carbocycles. The zero-order valence-electron chi connectivity index (χ0n) is 16.2. The average molecular weight is 331 g/mol. The van der Waals surface area contributed by atoms with Crippen LogP contribution in [-0.2, 0) is 19.0 Å². The Morgan fingerprint density at radius 2 is 1.52 bits per heavy atom. The highest BCUT2D eigenvalue weighted by atomic mass is 16.6. The van der Waals surface area contributed by atoms with E-state index in [-0.39, 0.29) is 23.2 Å². The van der Waals surface area contributed by atoms with Crippen molar-refractivity contribution in [1.82, 2.24) is 0 Å². The van der Waals surface area contributed by atoms with Crippen LogP contribution in [0.2, 0.25) is 0 Å². The molecule has 0 aliphatic heterocycles. The van der Waals surface area contributed by atoms with E-state index in [1.165, 1.54) is 0 Å². The molecule has 23 heavy (non-hydrogen) atoms. The van der Waals surface area contributed by atoms with Crippen molar-refractivity contribution in [3.05, 3.63) is 0 Å². The molecule has 0 fully saturated rings. The molecule has 0 spiro atoms. The molecular formula is C18H37NO4. The molecule has 0 aliphatic rings. The Labute approximate surface area is 142 Å². The number of carbonyl (C=O) groups is 1. The maximum atomic E-state index is 11.6. The smallest absolute Gasteiger partial charge is 0.308 e. The van der Waals surface area contributed by atoms with Crippen molar-refractivity contribution < 1.29 is 19.0 Å². The molecule has 1 unspecified atom stereocenters. The van der Waals surface area contributed by atoms with Crippen LogP contribution in [0.1, 0.15) is 61.3 Å². The van der Waals surface area contributed by atoms with Crippen LogP contribution in [0.3, 0.4) is 0 Å². The van der Waals surface area contributed by atoms with Gasteiger partial charge in [0, 0.05) is 10.8 Å². The Morgan fingerprint density at radius 3 is 2.00 bits per heavy atom. The van der Waals surface area contributed by atoms with Crippen molar-refractivity contribution >= 4 is 5.97 Å². The van der Waals surface area contributed by atoms with E-state index in [0.717, 1.165) is 6.42 Å². The van der Waals surface area contributed by atoms with Crippen LogP contribution in [0, 0.1) is 10.8 Å². The molecule has 5 nitrogen and oxygen atoms in total. The van der Waals surface area contributed by atoms with Gasteiger partial charge in [-0.25, -0.2) is 0 Å². The second kappa shape index (κ2) is 9.60. The number of nitrogens with two attached hydrogens (primary N) is 1. The van der Waals surface area contributed by atoms with E-state index >= 15 is 0 Å². The minimum Gasteiger partial charge on any atom is -0.460 e. The molecular weight excluding hydrogens is 294 g/mol. The Morgan fingerprint density at radius 1 is 0.957 bits per heavy atom. The largest absolute Gasteiger partial charge is 0.460 e. The number of hydrogen-bond acceptors (Lipinski definition) is 5. The molecule has 0 saturated carbocycles. The molecule has 138 valence electrons. The molecule has 2 N–H and O–H groups in total. The van der Waals surface area contributed by atoms with Crippen LogP contribution >= 0.6 is 0 Å². The van der Waals surface area contributed by atoms with Gasteiger partial charge in [-0.15, -0.1) is 0 Å². The first-order valence-electron chi connectivity index (χ1n) is 8.50. The van der Waals surface area contributed by atoms with Gasteiger partial charge < -0.3 is 19.9 Å². The van der Waals surface area contributed by atoms with Gasteiger partial charge in [0.25, 0.3) is 0 Å². The summed E-state index contributed by atoms with van der Waals surface area (Å²) in [6, 6.07) is 0. The van der Waals surface area contributed by atoms with Gasteiger partial charge in [-0.3, -0.25) is 4.79 Å². The van der Waals surface area contributed by atoms with Gasteiger partial charge >= 0.3 is 5.97 Å². The number of hydrogen-bond donors (Lipinski definition) is 1. The molecule has 0 heterocycles. The van der Waals surface area contributed by atoms with Crippen LogP contribution in [0.15, 0.2) is 0 Å². The molecule has 0 aromatic carbocycles. The summed E-state index contributed by atoms with van der Waals surface area (Å²) in [6.45, 7) is 16.8. The predicted molar refractivity (Wildman–Crippen MR) is 93.3 cm³/mol. The van der Waals surface area contributed by atoms with Gasteiger partial charge in [0.15, 0.2) is 0 Å². The van der Waals surface area contributed by atoms with Crippen molar-refractivity contribution in [3.63, 3.8) is 0 Å². The van der Waals surface area contributed by atoms with Crippen LogP contribution in [0.5, 0.6) is 0 Å². The Kier molecular flexibility index (Phi) is 9.33. The molecule has 1 atom stereocenters. The van der Waals surface area contributed by atoms with Gasteiger partial charge in [-0.05, 0) is 33.7 Å². The average Bonchev–Trinajstić information content (AvgIpc) is 2.41. The monoisotopic (exact) mass is 331 g/mol. The summed E-state index contributed by atoms with van der Waals surface area (Å²) in [7, 11) is 0. The third-order valence-corrected chi connectivity index (χ3v) is 3.65. The van der Waals surface area contributed by atoms with E-state index in [1.54, 1.807) is 0 Å². The first kappa shape index (κ1) is 22.4. The zero-order valence-corrected chi connectivity index (χ0v) is 16.2. The summed E-state index contributed by atoms with van der Waals surface area (Å²) >= 11 is 0. The summed E-state index contributed by atoms with van der Waals surface area (Å²) in [4.78, 5) is 11.6. The highest BCUT2D eigenvalue weighted by molar-refractivity contribution is 5.69. The lowest BCUT2D eigenvalue weighted by atomic mass is 9.88. The third-order valence-electron chi connectivity index (χ3n) is 3.65. The normalized spacial score (nSPS) is 15.3. The lowest BCUT2D eigenvalue weighted by Crippen LogP contribution is -2.34. The van der Waals surface area contributed by atoms with Crippen LogP contribution in [-0.4, -0.2) is 44.5 Å². The van der Waals surface area contributed by atoms with Crippen LogP contribution in [0.25, 0.3) is 0 Å². The van der Waals surface area contributed by atoms with Gasteiger partial charge in [0.05, 0.1) is 32.8 Å². The summed E-state index contributed by atoms with van der Waals surface area (Å²) in [5.41, 5.74) is 5.28. The van der Waals surface area contributed by atoms with E-state index in [1.807, 2.05) is 20.8 Å². The first-order chi connectivity index (χ1) is 10.4. The van der Waals surface area contributed by atoms with Gasteiger partial charge in [-0.1, -0.05) is 27.7 Å². The molecule has 0 aromatic rings. The molecule has 0 saturated heterocycles. The molecule has 0 rings (SSSR count). The van der Waals surface area contributed by atoms with E-state index in [4.69, 9.17) is 19.9 Å². The van der Waals surface area contributed by atoms with E-state index in [2.05, 4.69) is 27.7 Å². The van der Waals surface area contributed by atoms with E-state index in [9.17, 15) is 4.79 Å². The van der Waals surface area contributed by atoms with E-state index < -0.39 is 5.60 Å². The molecule has 0 bridgehead atoms. The molecule has 5 heteroatoms. The first-order valence-corrected chi connectivity index (χ1v) is 8.50. The fraction of sp³-hybridized carbons (Fsp3) is 0.944. The maximum absolute atomic E-state index is 11.6. The van der Waals surface area contributed by atoms with Crippen molar-refractivity contribution in [1.29, 1.82) is 0 Å². The number of ether oxygens (including phenoxy) is 3. The SMILES string of the molecule is CCC(C)(CN)COCC(C)(C)COCCC(=O)OC(C)(C)C. The molecule has 0 amide bonds. The second-order valence-corrected chi connectivity index (χ2v) is 8.41. The van der Waals surface area contributed by atoms with Crippen LogP contribution in [0.4, 0.5) is 0 Å². The third kappa shape index (κ3) is 11.5. The van der Waals surface area contributed by atoms with Gasteiger partial charge in [0.2, 0.25) is 0 Å². The Bertz CT molecular complexity index is 343. The molecule has 0 aromatic heterocycles. The fourth-order valence-electron chi connectivity index (χ4n) is 1.82. The summed E-state index contributed by atoms with van der Waals surface area (Å²) in [6.07, 6.45) is 1.27. The molecule has 0 radical (unpaired) electrons. The van der Waals surface area contributed by atoms with E-state index in [0.29, 0.717) is 33.0 Å². The zero-order chi connectivity index (χ0) is 18.1. The highest BCUT2D eigenvalue weighted by Gasteiger charge is 2.24. The standard InChI is InChI=1S/C18H37NO4/c1-8-18(7,11-19)14-22-13-17(5,6)12-21-10-9-15(20)23-16(2,3)4/h8-14,19H2,1-7H3. The maximum Gasteiger partial charge on any atom is 0.308 e. The second-order valence-electron chi connectivity index (χ2n) is 8.41. The number of carbonyl (C=O) groups excluding carboxylic acids is 1. The minimum absolute atomic E-state index is 0.0354. The Hall–Kier alpha value is -0.650. The van der Waals surface area contributed by atoms with Crippen molar-refractivity contribution in [2.45, 2.75) is 66.9 Å². The topological polar surface area (TPSA) is 70.8 Å². The predicted octanol–water partition coefficient (Wildman–Crippen LogP) is 3.15. The highest BCUT2D eigenvalue weighted by Crippen LogP contribution is 2.22. The summed E-state index contributed by atoms with van der Waals surface area (Å²) < 4.78 is 16.7. The number of rotatable bonds is 11.